The number of hydrogen-bond acceptors (Lipinski definition) is 4. The summed E-state index contributed by atoms with van der Waals surface area (Å²) < 4.78 is 1.01. The van der Waals surface area contributed by atoms with Gasteiger partial charge in [0, 0.05) is 17.6 Å². The Labute approximate surface area is 140 Å². The SMILES string of the molecule is NC(=O)CN(Cc1cccc(N)c1)C(=O)c1csc(I)c1. The van der Waals surface area contributed by atoms with Crippen LogP contribution in [0.3, 0.4) is 0 Å². The molecule has 0 fully saturated rings. The van der Waals surface area contributed by atoms with Gasteiger partial charge in [0.15, 0.2) is 0 Å². The van der Waals surface area contributed by atoms with Crippen LogP contribution >= 0.6 is 33.9 Å². The predicted molar refractivity (Wildman–Crippen MR) is 91.8 cm³/mol. The summed E-state index contributed by atoms with van der Waals surface area (Å²) in [6.07, 6.45) is 0. The first-order chi connectivity index (χ1) is 9.95. The number of carbonyl (C=O) groups excluding carboxylic acids is 2. The number of amides is 2. The van der Waals surface area contributed by atoms with E-state index in [4.69, 9.17) is 11.5 Å². The van der Waals surface area contributed by atoms with Gasteiger partial charge in [0.1, 0.15) is 0 Å². The molecule has 0 radical (unpaired) electrons. The van der Waals surface area contributed by atoms with Crippen molar-refractivity contribution >= 4 is 51.4 Å². The second kappa shape index (κ2) is 6.90. The lowest BCUT2D eigenvalue weighted by molar-refractivity contribution is -0.118. The summed E-state index contributed by atoms with van der Waals surface area (Å²) in [5, 5.41) is 1.78. The molecule has 1 aromatic heterocycles. The van der Waals surface area contributed by atoms with Crippen LogP contribution in [-0.4, -0.2) is 23.3 Å². The number of nitrogens with zero attached hydrogens (tertiary/aromatic N) is 1. The van der Waals surface area contributed by atoms with E-state index in [2.05, 4.69) is 22.6 Å². The number of nitrogens with two attached hydrogens (primary N) is 2. The van der Waals surface area contributed by atoms with E-state index in [0.29, 0.717) is 17.8 Å². The molecular weight excluding hydrogens is 401 g/mol. The quantitative estimate of drug-likeness (QED) is 0.579. The fourth-order valence-corrected chi connectivity index (χ4v) is 3.22. The van der Waals surface area contributed by atoms with Gasteiger partial charge < -0.3 is 16.4 Å². The van der Waals surface area contributed by atoms with Gasteiger partial charge in [0.2, 0.25) is 5.91 Å². The van der Waals surface area contributed by atoms with Crippen molar-refractivity contribution in [1.82, 2.24) is 4.90 Å². The molecule has 1 aromatic carbocycles. The molecule has 7 heteroatoms. The minimum absolute atomic E-state index is 0.125. The number of nitrogen functional groups attached to an aromatic ring is 1. The molecule has 110 valence electrons. The summed E-state index contributed by atoms with van der Waals surface area (Å²) in [5.74, 6) is -0.757. The third kappa shape index (κ3) is 4.43. The molecule has 0 saturated heterocycles. The van der Waals surface area contributed by atoms with Crippen LogP contribution in [0.15, 0.2) is 35.7 Å². The Morgan fingerprint density at radius 3 is 2.62 bits per heavy atom. The number of carbonyl (C=O) groups is 2. The van der Waals surface area contributed by atoms with Crippen molar-refractivity contribution < 1.29 is 9.59 Å². The zero-order chi connectivity index (χ0) is 15.4. The van der Waals surface area contributed by atoms with Crippen molar-refractivity contribution in [1.29, 1.82) is 0 Å². The maximum atomic E-state index is 12.5. The number of primary amides is 1. The maximum absolute atomic E-state index is 12.5. The van der Waals surface area contributed by atoms with E-state index in [0.717, 1.165) is 8.45 Å². The lowest BCUT2D eigenvalue weighted by Gasteiger charge is -2.21. The predicted octanol–water partition coefficient (Wildman–Crippen LogP) is 2.06. The van der Waals surface area contributed by atoms with Gasteiger partial charge in [0.05, 0.1) is 15.0 Å². The van der Waals surface area contributed by atoms with E-state index in [9.17, 15) is 9.59 Å². The van der Waals surface area contributed by atoms with Crippen LogP contribution in [0.1, 0.15) is 15.9 Å². The van der Waals surface area contributed by atoms with E-state index in [-0.39, 0.29) is 12.5 Å². The number of hydrogen-bond donors (Lipinski definition) is 2. The van der Waals surface area contributed by atoms with E-state index >= 15 is 0 Å². The minimum Gasteiger partial charge on any atom is -0.399 e. The highest BCUT2D eigenvalue weighted by molar-refractivity contribution is 14.1. The van der Waals surface area contributed by atoms with Crippen LogP contribution in [0.5, 0.6) is 0 Å². The molecule has 0 spiro atoms. The van der Waals surface area contributed by atoms with Gasteiger partial charge in [-0.2, -0.15) is 0 Å². The molecule has 0 unspecified atom stereocenters. The Balaban J connectivity index is 2.21. The highest BCUT2D eigenvalue weighted by atomic mass is 127. The summed E-state index contributed by atoms with van der Waals surface area (Å²) in [7, 11) is 0. The molecule has 5 nitrogen and oxygen atoms in total. The third-order valence-electron chi connectivity index (χ3n) is 2.77. The van der Waals surface area contributed by atoms with Crippen molar-refractivity contribution in [2.75, 3.05) is 12.3 Å². The Morgan fingerprint density at radius 1 is 1.29 bits per heavy atom. The van der Waals surface area contributed by atoms with E-state index in [1.807, 2.05) is 12.1 Å². The summed E-state index contributed by atoms with van der Waals surface area (Å²) >= 11 is 3.63. The van der Waals surface area contributed by atoms with Gasteiger partial charge in [-0.15, -0.1) is 11.3 Å². The van der Waals surface area contributed by atoms with Crippen molar-refractivity contribution in [3.63, 3.8) is 0 Å². The second-order valence-corrected chi connectivity index (χ2v) is 7.32. The molecule has 2 rings (SSSR count). The smallest absolute Gasteiger partial charge is 0.255 e. The number of thiophene rings is 1. The Kier molecular flexibility index (Phi) is 5.18. The maximum Gasteiger partial charge on any atom is 0.255 e. The molecule has 0 saturated carbocycles. The highest BCUT2D eigenvalue weighted by Crippen LogP contribution is 2.19. The minimum atomic E-state index is -0.544. The first kappa shape index (κ1) is 15.8. The zero-order valence-electron chi connectivity index (χ0n) is 11.1. The van der Waals surface area contributed by atoms with Crippen LogP contribution in [0.25, 0.3) is 0 Å². The van der Waals surface area contributed by atoms with Crippen molar-refractivity contribution in [3.05, 3.63) is 49.7 Å². The lowest BCUT2D eigenvalue weighted by Crippen LogP contribution is -2.37. The van der Waals surface area contributed by atoms with Crippen molar-refractivity contribution in [2.45, 2.75) is 6.54 Å². The molecular formula is C14H14IN3O2S. The number of anilines is 1. The molecule has 2 aromatic rings. The Bertz CT molecular complexity index is 672. The molecule has 4 N–H and O–H groups in total. The fourth-order valence-electron chi connectivity index (χ4n) is 1.90. The normalized spacial score (nSPS) is 10.3. The summed E-state index contributed by atoms with van der Waals surface area (Å²) in [6, 6.07) is 9.00. The van der Waals surface area contributed by atoms with Gasteiger partial charge in [0.25, 0.3) is 5.91 Å². The average Bonchev–Trinajstić information content (AvgIpc) is 2.83. The number of benzene rings is 1. The van der Waals surface area contributed by atoms with Crippen LogP contribution in [0.4, 0.5) is 5.69 Å². The molecule has 0 aliphatic heterocycles. The van der Waals surface area contributed by atoms with Gasteiger partial charge >= 0.3 is 0 Å². The number of rotatable bonds is 5. The zero-order valence-corrected chi connectivity index (χ0v) is 14.1. The summed E-state index contributed by atoms with van der Waals surface area (Å²) in [4.78, 5) is 25.1. The monoisotopic (exact) mass is 415 g/mol. The van der Waals surface area contributed by atoms with Gasteiger partial charge in [-0.25, -0.2) is 0 Å². The Morgan fingerprint density at radius 2 is 2.05 bits per heavy atom. The van der Waals surface area contributed by atoms with E-state index in [1.165, 1.54) is 16.2 Å². The van der Waals surface area contributed by atoms with Crippen molar-refractivity contribution in [2.24, 2.45) is 5.73 Å². The van der Waals surface area contributed by atoms with Crippen LogP contribution in [0.2, 0.25) is 0 Å². The number of halogens is 1. The topological polar surface area (TPSA) is 89.4 Å². The standard InChI is InChI=1S/C14H14IN3O2S/c15-12-5-10(8-21-12)14(20)18(7-13(17)19)6-9-2-1-3-11(16)4-9/h1-5,8H,6-7,16H2,(H2,17,19). The highest BCUT2D eigenvalue weighted by Gasteiger charge is 2.19. The molecule has 1 heterocycles. The van der Waals surface area contributed by atoms with Crippen molar-refractivity contribution in [3.8, 4) is 0 Å². The van der Waals surface area contributed by atoms with E-state index in [1.54, 1.807) is 23.6 Å². The van der Waals surface area contributed by atoms with Crippen LogP contribution < -0.4 is 11.5 Å². The van der Waals surface area contributed by atoms with Crippen LogP contribution in [0, 0.1) is 2.88 Å². The van der Waals surface area contributed by atoms with Gasteiger partial charge in [-0.3, -0.25) is 9.59 Å². The fraction of sp³-hybridized carbons (Fsp3) is 0.143. The Hall–Kier alpha value is -1.61. The average molecular weight is 415 g/mol. The largest absolute Gasteiger partial charge is 0.399 e. The molecule has 2 amide bonds. The molecule has 0 atom stereocenters. The lowest BCUT2D eigenvalue weighted by atomic mass is 10.1. The summed E-state index contributed by atoms with van der Waals surface area (Å²) in [6.45, 7) is 0.166. The first-order valence-electron chi connectivity index (χ1n) is 6.11. The molecule has 0 aliphatic rings. The third-order valence-corrected chi connectivity index (χ3v) is 4.56. The molecule has 0 bridgehead atoms. The first-order valence-corrected chi connectivity index (χ1v) is 8.07. The molecule has 0 aliphatic carbocycles. The van der Waals surface area contributed by atoms with E-state index < -0.39 is 5.91 Å². The van der Waals surface area contributed by atoms with Gasteiger partial charge in [-0.05, 0) is 46.4 Å². The van der Waals surface area contributed by atoms with Gasteiger partial charge in [-0.1, -0.05) is 12.1 Å². The van der Waals surface area contributed by atoms with Crippen LogP contribution in [-0.2, 0) is 11.3 Å². The second-order valence-electron chi connectivity index (χ2n) is 4.51. The summed E-state index contributed by atoms with van der Waals surface area (Å²) in [5.41, 5.74) is 13.0. The molecule has 21 heavy (non-hydrogen) atoms.